The maximum atomic E-state index is 4.66. The fraction of sp³-hybridized carbons (Fsp3) is 0.385. The molecule has 0 spiro atoms. The number of rotatable bonds is 1. The van der Waals surface area contributed by atoms with Gasteiger partial charge in [0.15, 0.2) is 0 Å². The molecule has 2 heterocycles. The van der Waals surface area contributed by atoms with Crippen molar-refractivity contribution in [2.45, 2.75) is 19.8 Å². The van der Waals surface area contributed by atoms with Gasteiger partial charge in [-0.25, -0.2) is 4.98 Å². The molecule has 3 rings (SSSR count). The molecule has 0 aliphatic carbocycles. The van der Waals surface area contributed by atoms with E-state index in [-0.39, 0.29) is 0 Å². The second-order valence-electron chi connectivity index (χ2n) is 4.47. The Kier molecular flexibility index (Phi) is 2.48. The lowest BCUT2D eigenvalue weighted by Gasteiger charge is -2.17. The summed E-state index contributed by atoms with van der Waals surface area (Å²) >= 11 is 1.69. The summed E-state index contributed by atoms with van der Waals surface area (Å²) < 4.78 is 1.26. The van der Waals surface area contributed by atoms with Crippen LogP contribution in [0.15, 0.2) is 28.7 Å². The summed E-state index contributed by atoms with van der Waals surface area (Å²) in [5.74, 6) is 0.742. The van der Waals surface area contributed by atoms with Crippen LogP contribution in [0.25, 0.3) is 10.2 Å². The Balaban J connectivity index is 1.99. The minimum atomic E-state index is 0.742. The zero-order valence-electron chi connectivity index (χ0n) is 9.31. The molecule has 0 bridgehead atoms. The summed E-state index contributed by atoms with van der Waals surface area (Å²) in [6.45, 7) is 3.24. The zero-order valence-corrected chi connectivity index (χ0v) is 10.1. The molecule has 3 heteroatoms. The summed E-state index contributed by atoms with van der Waals surface area (Å²) in [5.41, 5.74) is 5.52. The van der Waals surface area contributed by atoms with Crippen molar-refractivity contribution in [3.63, 3.8) is 0 Å². The van der Waals surface area contributed by atoms with Crippen molar-refractivity contribution < 1.29 is 0 Å². The van der Waals surface area contributed by atoms with Crippen LogP contribution < -0.4 is 0 Å². The molecular weight excluding hydrogens is 216 g/mol. The van der Waals surface area contributed by atoms with E-state index in [0.717, 1.165) is 24.4 Å². The third-order valence-electron chi connectivity index (χ3n) is 3.13. The molecular formula is C13H14N2S. The predicted molar refractivity (Wildman–Crippen MR) is 69.4 cm³/mol. The summed E-state index contributed by atoms with van der Waals surface area (Å²) in [5, 5.41) is 0. The fourth-order valence-electron chi connectivity index (χ4n) is 2.09. The molecule has 0 amide bonds. The zero-order chi connectivity index (χ0) is 11.0. The van der Waals surface area contributed by atoms with Crippen LogP contribution in [0.5, 0.6) is 0 Å². The van der Waals surface area contributed by atoms with Gasteiger partial charge >= 0.3 is 0 Å². The molecule has 0 saturated heterocycles. The Bertz CT molecular complexity index is 542. The Morgan fingerprint density at radius 2 is 2.31 bits per heavy atom. The maximum absolute atomic E-state index is 4.66. The number of aliphatic imine (C=N–C) groups is 1. The van der Waals surface area contributed by atoms with Crippen molar-refractivity contribution >= 4 is 27.3 Å². The van der Waals surface area contributed by atoms with Gasteiger partial charge in [-0.2, -0.15) is 0 Å². The molecule has 0 N–H and O–H groups in total. The van der Waals surface area contributed by atoms with Crippen LogP contribution in [-0.2, 0) is 0 Å². The molecule has 0 saturated carbocycles. The van der Waals surface area contributed by atoms with E-state index in [4.69, 9.17) is 0 Å². The summed E-state index contributed by atoms with van der Waals surface area (Å²) in [6.07, 6.45) is 2.37. The molecule has 1 aromatic heterocycles. The van der Waals surface area contributed by atoms with E-state index >= 15 is 0 Å². The molecule has 16 heavy (non-hydrogen) atoms. The number of nitrogens with zero attached hydrogens (tertiary/aromatic N) is 2. The third-order valence-corrected chi connectivity index (χ3v) is 3.94. The SMILES string of the molecule is CC1CCC(c2ccc3scnc3c2)=NC1. The van der Waals surface area contributed by atoms with E-state index in [1.807, 2.05) is 5.51 Å². The number of fused-ring (bicyclic) bond motifs is 1. The summed E-state index contributed by atoms with van der Waals surface area (Å²) in [4.78, 5) is 9.02. The molecule has 82 valence electrons. The highest BCUT2D eigenvalue weighted by molar-refractivity contribution is 7.16. The van der Waals surface area contributed by atoms with Crippen molar-refractivity contribution in [1.82, 2.24) is 4.98 Å². The van der Waals surface area contributed by atoms with Crippen LogP contribution >= 0.6 is 11.3 Å². The summed E-state index contributed by atoms with van der Waals surface area (Å²) in [6, 6.07) is 6.50. The van der Waals surface area contributed by atoms with Gasteiger partial charge in [-0.3, -0.25) is 4.99 Å². The highest BCUT2D eigenvalue weighted by Crippen LogP contribution is 2.22. The topological polar surface area (TPSA) is 25.2 Å². The maximum Gasteiger partial charge on any atom is 0.0818 e. The van der Waals surface area contributed by atoms with Crippen LogP contribution in [0.1, 0.15) is 25.3 Å². The molecule has 2 nitrogen and oxygen atoms in total. The largest absolute Gasteiger partial charge is 0.289 e. The number of benzene rings is 1. The van der Waals surface area contributed by atoms with Gasteiger partial charge in [-0.05, 0) is 36.5 Å². The molecule has 1 aliphatic rings. The molecule has 0 radical (unpaired) electrons. The van der Waals surface area contributed by atoms with E-state index in [9.17, 15) is 0 Å². The van der Waals surface area contributed by atoms with Crippen LogP contribution in [0.4, 0.5) is 0 Å². The van der Waals surface area contributed by atoms with Crippen LogP contribution in [0.3, 0.4) is 0 Å². The Morgan fingerprint density at radius 1 is 1.38 bits per heavy atom. The van der Waals surface area contributed by atoms with E-state index < -0.39 is 0 Å². The lowest BCUT2D eigenvalue weighted by molar-refractivity contribution is 0.538. The Labute approximate surface area is 99.1 Å². The van der Waals surface area contributed by atoms with Crippen LogP contribution in [0, 0.1) is 5.92 Å². The van der Waals surface area contributed by atoms with E-state index in [0.29, 0.717) is 0 Å². The van der Waals surface area contributed by atoms with Crippen LogP contribution in [-0.4, -0.2) is 17.2 Å². The highest BCUT2D eigenvalue weighted by Gasteiger charge is 2.13. The monoisotopic (exact) mass is 230 g/mol. The van der Waals surface area contributed by atoms with Gasteiger partial charge in [0.05, 0.1) is 15.7 Å². The smallest absolute Gasteiger partial charge is 0.0818 e. The van der Waals surface area contributed by atoms with Gasteiger partial charge in [0, 0.05) is 12.3 Å². The Hall–Kier alpha value is -1.22. The molecule has 0 fully saturated rings. The minimum Gasteiger partial charge on any atom is -0.289 e. The van der Waals surface area contributed by atoms with Crippen LogP contribution in [0.2, 0.25) is 0 Å². The van der Waals surface area contributed by atoms with Crippen molar-refractivity contribution in [2.24, 2.45) is 10.9 Å². The molecule has 1 unspecified atom stereocenters. The first-order valence-electron chi connectivity index (χ1n) is 5.70. The lowest BCUT2D eigenvalue weighted by Crippen LogP contribution is -2.14. The Morgan fingerprint density at radius 3 is 3.12 bits per heavy atom. The van der Waals surface area contributed by atoms with Gasteiger partial charge in [0.2, 0.25) is 0 Å². The standard InChI is InChI=1S/C13H14N2S/c1-9-2-4-11(14-7-9)10-3-5-13-12(6-10)15-8-16-13/h3,5-6,8-9H,2,4,7H2,1H3. The molecule has 2 aromatic rings. The number of hydrogen-bond donors (Lipinski definition) is 0. The number of aromatic nitrogens is 1. The minimum absolute atomic E-state index is 0.742. The third kappa shape index (κ3) is 1.76. The normalized spacial score (nSPS) is 21.1. The number of hydrogen-bond acceptors (Lipinski definition) is 3. The molecule has 1 aliphatic heterocycles. The van der Waals surface area contributed by atoms with Crippen molar-refractivity contribution in [2.75, 3.05) is 6.54 Å². The molecule has 1 aromatic carbocycles. The fourth-order valence-corrected chi connectivity index (χ4v) is 2.75. The van der Waals surface area contributed by atoms with Gasteiger partial charge in [-0.1, -0.05) is 13.0 Å². The van der Waals surface area contributed by atoms with Gasteiger partial charge in [0.1, 0.15) is 0 Å². The van der Waals surface area contributed by atoms with E-state index in [1.54, 1.807) is 11.3 Å². The average Bonchev–Trinajstić information content (AvgIpc) is 2.77. The quantitative estimate of drug-likeness (QED) is 0.736. The van der Waals surface area contributed by atoms with E-state index in [1.165, 1.54) is 22.4 Å². The second kappa shape index (κ2) is 3.98. The highest BCUT2D eigenvalue weighted by atomic mass is 32.1. The van der Waals surface area contributed by atoms with E-state index in [2.05, 4.69) is 35.1 Å². The first kappa shape index (κ1) is 9.97. The molecule has 1 atom stereocenters. The van der Waals surface area contributed by atoms with Crippen molar-refractivity contribution in [3.05, 3.63) is 29.3 Å². The predicted octanol–water partition coefficient (Wildman–Crippen LogP) is 3.52. The average molecular weight is 230 g/mol. The van der Waals surface area contributed by atoms with Crippen molar-refractivity contribution in [3.8, 4) is 0 Å². The first-order valence-corrected chi connectivity index (χ1v) is 6.58. The first-order chi connectivity index (χ1) is 7.83. The van der Waals surface area contributed by atoms with Gasteiger partial charge in [-0.15, -0.1) is 11.3 Å². The summed E-state index contributed by atoms with van der Waals surface area (Å²) in [7, 11) is 0. The van der Waals surface area contributed by atoms with Crippen molar-refractivity contribution in [1.29, 1.82) is 0 Å². The lowest BCUT2D eigenvalue weighted by atomic mass is 9.96. The van der Waals surface area contributed by atoms with Gasteiger partial charge in [0.25, 0.3) is 0 Å². The van der Waals surface area contributed by atoms with Gasteiger partial charge < -0.3 is 0 Å². The number of thiazole rings is 1. The second-order valence-corrected chi connectivity index (χ2v) is 5.35.